The number of ether oxygens (including phenoxy) is 1. The van der Waals surface area contributed by atoms with Gasteiger partial charge in [-0.2, -0.15) is 0 Å². The van der Waals surface area contributed by atoms with E-state index >= 15 is 0 Å². The van der Waals surface area contributed by atoms with Crippen LogP contribution in [0.3, 0.4) is 0 Å². The molecule has 1 aliphatic rings. The van der Waals surface area contributed by atoms with Crippen LogP contribution in [0, 0.1) is 0 Å². The van der Waals surface area contributed by atoms with Gasteiger partial charge in [-0.05, 0) is 19.8 Å². The molecule has 2 amide bonds. The molecular formula is C15H22B2NO6. The van der Waals surface area contributed by atoms with Crippen molar-refractivity contribution in [2.75, 3.05) is 0 Å². The predicted octanol–water partition coefficient (Wildman–Crippen LogP) is 1.00. The molecule has 0 saturated carbocycles. The number of hydrogen-bond donors (Lipinski definition) is 0. The number of esters is 1. The highest BCUT2D eigenvalue weighted by atomic mass is 16.7. The van der Waals surface area contributed by atoms with Crippen LogP contribution in [0.1, 0.15) is 64.7 Å². The molecule has 9 heteroatoms. The zero-order chi connectivity index (χ0) is 17.9. The SMILES string of the molecule is [B][B]C(C)OC(=O)CCCCCCCC(=O)ON1C(=O)CCC1=O. The summed E-state index contributed by atoms with van der Waals surface area (Å²) in [5.74, 6) is -1.79. The third kappa shape index (κ3) is 7.66. The number of unbranched alkanes of at least 4 members (excludes halogenated alkanes) is 4. The molecule has 1 fully saturated rings. The number of amides is 2. The summed E-state index contributed by atoms with van der Waals surface area (Å²) in [5, 5.41) is 0.563. The lowest BCUT2D eigenvalue weighted by atomic mass is 9.52. The van der Waals surface area contributed by atoms with Gasteiger partial charge in [0.05, 0.1) is 6.00 Å². The summed E-state index contributed by atoms with van der Waals surface area (Å²) >= 11 is 0. The minimum absolute atomic E-state index is 0.0939. The van der Waals surface area contributed by atoms with Crippen molar-refractivity contribution in [1.82, 2.24) is 5.06 Å². The second-order valence-corrected chi connectivity index (χ2v) is 5.70. The van der Waals surface area contributed by atoms with Crippen molar-refractivity contribution >= 4 is 38.7 Å². The summed E-state index contributed by atoms with van der Waals surface area (Å²) < 4.78 is 5.00. The summed E-state index contributed by atoms with van der Waals surface area (Å²) in [5.41, 5.74) is 0. The smallest absolute Gasteiger partial charge is 0.333 e. The lowest BCUT2D eigenvalue weighted by Crippen LogP contribution is -2.31. The highest BCUT2D eigenvalue weighted by Gasteiger charge is 2.32. The average molecular weight is 334 g/mol. The molecule has 0 aliphatic carbocycles. The highest BCUT2D eigenvalue weighted by molar-refractivity contribution is 6.90. The molecule has 129 valence electrons. The molecule has 24 heavy (non-hydrogen) atoms. The van der Waals surface area contributed by atoms with E-state index in [0.29, 0.717) is 17.9 Å². The topological polar surface area (TPSA) is 90.0 Å². The van der Waals surface area contributed by atoms with Crippen LogP contribution in [0.4, 0.5) is 0 Å². The molecule has 3 radical (unpaired) electrons. The first-order valence-corrected chi connectivity index (χ1v) is 8.25. The van der Waals surface area contributed by atoms with Gasteiger partial charge >= 0.3 is 11.9 Å². The molecule has 0 aromatic rings. The molecule has 0 N–H and O–H groups in total. The van der Waals surface area contributed by atoms with E-state index in [1.807, 2.05) is 0 Å². The second kappa shape index (κ2) is 10.9. The Kier molecular flexibility index (Phi) is 9.19. The van der Waals surface area contributed by atoms with Crippen molar-refractivity contribution in [2.24, 2.45) is 0 Å². The minimum atomic E-state index is -0.575. The normalized spacial score (nSPS) is 15.3. The van der Waals surface area contributed by atoms with Gasteiger partial charge in [0, 0.05) is 33.4 Å². The summed E-state index contributed by atoms with van der Waals surface area (Å²) in [4.78, 5) is 50.3. The number of carbonyl (C=O) groups is 4. The molecule has 1 heterocycles. The molecule has 0 aromatic heterocycles. The number of imide groups is 1. The van der Waals surface area contributed by atoms with E-state index in [9.17, 15) is 19.2 Å². The predicted molar refractivity (Wildman–Crippen MR) is 86.6 cm³/mol. The Bertz CT molecular complexity index is 455. The Labute approximate surface area is 144 Å². The fourth-order valence-corrected chi connectivity index (χ4v) is 2.18. The average Bonchev–Trinajstić information content (AvgIpc) is 2.85. The fraction of sp³-hybridized carbons (Fsp3) is 0.733. The Morgan fingerprint density at radius 3 is 2.08 bits per heavy atom. The van der Waals surface area contributed by atoms with E-state index in [0.717, 1.165) is 25.7 Å². The van der Waals surface area contributed by atoms with E-state index in [-0.39, 0.29) is 31.2 Å². The maximum absolute atomic E-state index is 11.6. The summed E-state index contributed by atoms with van der Waals surface area (Å²) in [6.07, 6.45) is 4.55. The van der Waals surface area contributed by atoms with Crippen LogP contribution in [-0.2, 0) is 28.8 Å². The second-order valence-electron chi connectivity index (χ2n) is 5.70. The molecule has 0 aromatic carbocycles. The standard InChI is InChI=1S/C15H22B2NO6/c1-11(17-16)23-14(21)7-5-3-2-4-6-8-15(22)24-18-12(19)9-10-13(18)20/h11H,2-10H2,1H3. The van der Waals surface area contributed by atoms with Crippen LogP contribution < -0.4 is 0 Å². The van der Waals surface area contributed by atoms with Crippen molar-refractivity contribution < 1.29 is 28.8 Å². The van der Waals surface area contributed by atoms with Crippen molar-refractivity contribution in [1.29, 1.82) is 0 Å². The van der Waals surface area contributed by atoms with Crippen molar-refractivity contribution in [3.05, 3.63) is 0 Å². The van der Waals surface area contributed by atoms with Gasteiger partial charge in [-0.1, -0.05) is 19.3 Å². The molecule has 7 nitrogen and oxygen atoms in total. The van der Waals surface area contributed by atoms with Crippen LogP contribution in [0.2, 0.25) is 0 Å². The molecule has 1 aliphatic heterocycles. The quantitative estimate of drug-likeness (QED) is 0.242. The lowest BCUT2D eigenvalue weighted by molar-refractivity contribution is -0.197. The molecule has 1 saturated heterocycles. The van der Waals surface area contributed by atoms with Gasteiger partial charge in [0.25, 0.3) is 11.8 Å². The van der Waals surface area contributed by atoms with Crippen molar-refractivity contribution in [3.8, 4) is 0 Å². The first-order chi connectivity index (χ1) is 11.4. The van der Waals surface area contributed by atoms with Gasteiger partial charge in [0.15, 0.2) is 0 Å². The molecule has 1 rings (SSSR count). The van der Waals surface area contributed by atoms with Crippen molar-refractivity contribution in [3.63, 3.8) is 0 Å². The minimum Gasteiger partial charge on any atom is -0.473 e. The van der Waals surface area contributed by atoms with Gasteiger partial charge in [-0.3, -0.25) is 14.4 Å². The number of hydroxylamine groups is 2. The third-order valence-electron chi connectivity index (χ3n) is 3.55. The molecule has 0 bridgehead atoms. The summed E-state index contributed by atoms with van der Waals surface area (Å²) in [7, 11) is 6.56. The van der Waals surface area contributed by atoms with Gasteiger partial charge in [0.2, 0.25) is 0 Å². The van der Waals surface area contributed by atoms with Crippen LogP contribution in [-0.4, -0.2) is 49.7 Å². The molecule has 1 atom stereocenters. The van der Waals surface area contributed by atoms with E-state index in [4.69, 9.17) is 17.3 Å². The molecular weight excluding hydrogens is 312 g/mol. The van der Waals surface area contributed by atoms with Gasteiger partial charge in [-0.15, -0.1) is 5.06 Å². The van der Waals surface area contributed by atoms with Gasteiger partial charge < -0.3 is 9.57 Å². The number of nitrogens with zero attached hydrogens (tertiary/aromatic N) is 1. The van der Waals surface area contributed by atoms with Crippen LogP contribution >= 0.6 is 0 Å². The third-order valence-corrected chi connectivity index (χ3v) is 3.55. The first kappa shape index (κ1) is 20.3. The lowest BCUT2D eigenvalue weighted by Gasteiger charge is -2.12. The van der Waals surface area contributed by atoms with Crippen LogP contribution in [0.25, 0.3) is 0 Å². The van der Waals surface area contributed by atoms with E-state index < -0.39 is 17.8 Å². The zero-order valence-electron chi connectivity index (χ0n) is 14.0. The van der Waals surface area contributed by atoms with Crippen LogP contribution in [0.5, 0.6) is 0 Å². The zero-order valence-corrected chi connectivity index (χ0v) is 14.0. The number of hydrogen-bond acceptors (Lipinski definition) is 6. The van der Waals surface area contributed by atoms with E-state index in [2.05, 4.69) is 0 Å². The monoisotopic (exact) mass is 334 g/mol. The van der Waals surface area contributed by atoms with E-state index in [1.54, 1.807) is 6.92 Å². The number of rotatable bonds is 11. The maximum atomic E-state index is 11.6. The van der Waals surface area contributed by atoms with Crippen LogP contribution in [0.15, 0.2) is 0 Å². The Hall–Kier alpha value is -1.79. The molecule has 1 unspecified atom stereocenters. The van der Waals surface area contributed by atoms with Crippen molar-refractivity contribution in [2.45, 2.75) is 70.7 Å². The van der Waals surface area contributed by atoms with E-state index in [1.165, 1.54) is 7.17 Å². The highest BCUT2D eigenvalue weighted by Crippen LogP contribution is 2.14. The molecule has 0 spiro atoms. The summed E-state index contributed by atoms with van der Waals surface area (Å²) in [6, 6.07) is -0.377. The maximum Gasteiger partial charge on any atom is 0.333 e. The number of carbonyl (C=O) groups excluding carboxylic acids is 4. The Morgan fingerprint density at radius 1 is 1.04 bits per heavy atom. The Morgan fingerprint density at radius 2 is 1.54 bits per heavy atom. The van der Waals surface area contributed by atoms with Gasteiger partial charge in [-0.25, -0.2) is 4.79 Å². The fourth-order valence-electron chi connectivity index (χ4n) is 2.18. The first-order valence-electron chi connectivity index (χ1n) is 8.25. The largest absolute Gasteiger partial charge is 0.473 e. The van der Waals surface area contributed by atoms with Gasteiger partial charge in [0.1, 0.15) is 7.17 Å². The summed E-state index contributed by atoms with van der Waals surface area (Å²) in [6.45, 7) is 1.69. The Balaban J connectivity index is 2.00.